The number of fused-ring (bicyclic) bond motifs is 1. The highest BCUT2D eigenvalue weighted by atomic mass is 32.6. The van der Waals surface area contributed by atoms with Crippen molar-refractivity contribution in [2.24, 2.45) is 0 Å². The van der Waals surface area contributed by atoms with Gasteiger partial charge in [0.25, 0.3) is 0 Å². The number of rotatable bonds is 2. The lowest BCUT2D eigenvalue weighted by Gasteiger charge is -2.34. The van der Waals surface area contributed by atoms with E-state index in [1.54, 1.807) is 0 Å². The molecule has 2 aromatic rings. The Morgan fingerprint density at radius 1 is 1.05 bits per heavy atom. The van der Waals surface area contributed by atoms with Crippen molar-refractivity contribution in [2.45, 2.75) is 52.4 Å². The zero-order chi connectivity index (χ0) is 16.7. The molecule has 0 N–H and O–H groups in total. The minimum absolute atomic E-state index is 0.0794. The molecule has 0 saturated heterocycles. The summed E-state index contributed by atoms with van der Waals surface area (Å²) >= 11 is 0. The molecule has 1 aromatic carbocycles. The van der Waals surface area contributed by atoms with Gasteiger partial charge in [0.1, 0.15) is 0 Å². The molecule has 0 radical (unpaired) electrons. The molecule has 0 bridgehead atoms. The molecule has 0 aliphatic carbocycles. The maximum Gasteiger partial charge on any atom is 0.0742 e. The second-order valence-electron chi connectivity index (χ2n) is 7.72. The molecule has 0 aliphatic heterocycles. The summed E-state index contributed by atoms with van der Waals surface area (Å²) in [6.07, 6.45) is 1.92. The molecule has 4 atom stereocenters. The van der Waals surface area contributed by atoms with E-state index in [0.29, 0.717) is 0 Å². The van der Waals surface area contributed by atoms with Gasteiger partial charge in [-0.2, -0.15) is 0 Å². The van der Waals surface area contributed by atoms with E-state index in [1.165, 1.54) is 27.3 Å². The minimum atomic E-state index is -0.215. The lowest BCUT2D eigenvalue weighted by atomic mass is 9.74. The van der Waals surface area contributed by atoms with E-state index in [0.717, 1.165) is 7.96 Å². The predicted octanol–water partition coefficient (Wildman–Crippen LogP) is 6.11. The first-order chi connectivity index (χ1) is 10.1. The summed E-state index contributed by atoms with van der Waals surface area (Å²) in [5.74, 6) is 0. The Balaban J connectivity index is 3.01. The molecule has 0 saturated carbocycles. The van der Waals surface area contributed by atoms with Crippen LogP contribution in [0.25, 0.3) is 10.9 Å². The van der Waals surface area contributed by atoms with Crippen LogP contribution < -0.4 is 5.30 Å². The third-order valence-electron chi connectivity index (χ3n) is 3.77. The van der Waals surface area contributed by atoms with Crippen LogP contribution in [0.15, 0.2) is 24.4 Å². The normalized spacial score (nSPS) is 14.9. The van der Waals surface area contributed by atoms with Crippen LogP contribution in [0.4, 0.5) is 0 Å². The Hall–Kier alpha value is 0.350. The fourth-order valence-electron chi connectivity index (χ4n) is 2.96. The van der Waals surface area contributed by atoms with Crippen molar-refractivity contribution in [3.05, 3.63) is 35.5 Å². The van der Waals surface area contributed by atoms with Crippen molar-refractivity contribution in [3.8, 4) is 0 Å². The summed E-state index contributed by atoms with van der Waals surface area (Å²) in [6, 6.07) is 6.63. The Kier molecular flexibility index (Phi) is 5.68. The average Bonchev–Trinajstić information content (AvgIpc) is 2.42. The van der Waals surface area contributed by atoms with Crippen LogP contribution in [-0.4, -0.2) is 4.98 Å². The van der Waals surface area contributed by atoms with Crippen molar-refractivity contribution in [2.75, 3.05) is 0 Å². The fourth-order valence-corrected chi connectivity index (χ4v) is 6.87. The zero-order valence-corrected chi connectivity index (χ0v) is 18.6. The second-order valence-corrected chi connectivity index (χ2v) is 16.8. The van der Waals surface area contributed by atoms with Gasteiger partial charge in [-0.05, 0) is 46.7 Å². The van der Waals surface area contributed by atoms with Crippen molar-refractivity contribution < 1.29 is 0 Å². The van der Waals surface area contributed by atoms with Gasteiger partial charge in [0.2, 0.25) is 0 Å². The third kappa shape index (κ3) is 3.70. The van der Waals surface area contributed by atoms with Crippen molar-refractivity contribution >= 4 is 49.3 Å². The third-order valence-corrected chi connectivity index (χ3v) is 13.8. The summed E-state index contributed by atoms with van der Waals surface area (Å²) in [5, 5.41) is 2.79. The Morgan fingerprint density at radius 2 is 1.64 bits per heavy atom. The van der Waals surface area contributed by atoms with Crippen molar-refractivity contribution in [3.63, 3.8) is 0 Å². The zero-order valence-electron chi connectivity index (χ0n) is 14.4. The van der Waals surface area contributed by atoms with Gasteiger partial charge >= 0.3 is 0 Å². The molecule has 0 fully saturated rings. The van der Waals surface area contributed by atoms with E-state index in [2.05, 4.69) is 71.5 Å². The summed E-state index contributed by atoms with van der Waals surface area (Å²) in [4.78, 5) is 4.75. The lowest BCUT2D eigenvalue weighted by Crippen LogP contribution is -2.29. The van der Waals surface area contributed by atoms with Crippen LogP contribution in [0.1, 0.15) is 52.7 Å². The molecule has 1 aromatic heterocycles. The van der Waals surface area contributed by atoms with E-state index >= 15 is 0 Å². The SMILES string of the molecule is CC(C)(C)c1c(P(P)PP)cc2cccnc2c1C(C)(C)C. The van der Waals surface area contributed by atoms with Gasteiger partial charge in [-0.3, -0.25) is 4.98 Å². The van der Waals surface area contributed by atoms with Gasteiger partial charge in [-0.25, -0.2) is 0 Å². The number of hydrogen-bond acceptors (Lipinski definition) is 1. The van der Waals surface area contributed by atoms with Crippen LogP contribution in [-0.2, 0) is 10.8 Å². The maximum atomic E-state index is 4.75. The molecule has 5 heteroatoms. The van der Waals surface area contributed by atoms with Crippen LogP contribution in [0, 0.1) is 0 Å². The lowest BCUT2D eigenvalue weighted by molar-refractivity contribution is 0.537. The number of aromatic nitrogens is 1. The maximum absolute atomic E-state index is 4.75. The molecule has 2 rings (SSSR count). The van der Waals surface area contributed by atoms with Crippen molar-refractivity contribution in [1.82, 2.24) is 4.98 Å². The van der Waals surface area contributed by atoms with Gasteiger partial charge in [-0.1, -0.05) is 55.6 Å². The molecule has 0 amide bonds. The molecule has 1 heterocycles. The van der Waals surface area contributed by atoms with Crippen LogP contribution in [0.2, 0.25) is 0 Å². The average molecular weight is 369 g/mol. The number of benzene rings is 1. The number of pyridine rings is 1. The van der Waals surface area contributed by atoms with Gasteiger partial charge < -0.3 is 0 Å². The van der Waals surface area contributed by atoms with Gasteiger partial charge in [0.15, 0.2) is 0 Å². The van der Waals surface area contributed by atoms with Crippen molar-refractivity contribution in [1.29, 1.82) is 0 Å². The van der Waals surface area contributed by atoms with Crippen LogP contribution >= 0.6 is 33.1 Å². The van der Waals surface area contributed by atoms with E-state index in [9.17, 15) is 0 Å². The summed E-state index contributed by atoms with van der Waals surface area (Å²) in [5.41, 5.74) is 4.29. The van der Waals surface area contributed by atoms with E-state index in [-0.39, 0.29) is 18.1 Å². The Bertz CT molecular complexity index is 683. The summed E-state index contributed by atoms with van der Waals surface area (Å²) in [7, 11) is 6.67. The van der Waals surface area contributed by atoms with E-state index in [1.807, 2.05) is 12.3 Å². The Morgan fingerprint density at radius 3 is 2.14 bits per heavy atom. The minimum Gasteiger partial charge on any atom is -0.256 e. The Labute approximate surface area is 142 Å². The van der Waals surface area contributed by atoms with Gasteiger partial charge in [0, 0.05) is 11.6 Å². The van der Waals surface area contributed by atoms with E-state index < -0.39 is 0 Å². The molecular weight excluding hydrogens is 342 g/mol. The second kappa shape index (κ2) is 6.69. The highest BCUT2D eigenvalue weighted by Crippen LogP contribution is 2.66. The monoisotopic (exact) mass is 369 g/mol. The standard InChI is InChI=1S/C17H27NP4/c1-16(2,3)13-12(22(20)21-19)10-11-8-7-9-18-15(11)14(13)17(4,5)6/h7-10,21H,19-20H2,1-6H3. The molecule has 0 aliphatic rings. The number of nitrogens with zero attached hydrogens (tertiary/aromatic N) is 1. The smallest absolute Gasteiger partial charge is 0.0742 e. The molecule has 1 nitrogen and oxygen atoms in total. The molecular formula is C17H27NP4. The first kappa shape index (κ1) is 18.7. The largest absolute Gasteiger partial charge is 0.256 e. The topological polar surface area (TPSA) is 12.9 Å². The highest BCUT2D eigenvalue weighted by Gasteiger charge is 2.31. The molecule has 0 spiro atoms. The van der Waals surface area contributed by atoms with E-state index in [4.69, 9.17) is 4.98 Å². The summed E-state index contributed by atoms with van der Waals surface area (Å²) < 4.78 is 0. The van der Waals surface area contributed by atoms with Gasteiger partial charge in [0.05, 0.1) is 5.52 Å². The van der Waals surface area contributed by atoms with Crippen LogP contribution in [0.5, 0.6) is 0 Å². The summed E-state index contributed by atoms with van der Waals surface area (Å²) in [6.45, 7) is 13.9. The fraction of sp³-hybridized carbons (Fsp3) is 0.471. The first-order valence-electron chi connectivity index (χ1n) is 7.51. The first-order valence-corrected chi connectivity index (χ1v) is 14.1. The predicted molar refractivity (Wildman–Crippen MR) is 113 cm³/mol. The van der Waals surface area contributed by atoms with Crippen LogP contribution in [0.3, 0.4) is 0 Å². The molecule has 22 heavy (non-hydrogen) atoms. The quantitative estimate of drug-likeness (QED) is 0.582. The molecule has 120 valence electrons. The highest BCUT2D eigenvalue weighted by molar-refractivity contribution is 8.63. The number of hydrogen-bond donors (Lipinski definition) is 0. The van der Waals surface area contributed by atoms with Gasteiger partial charge in [-0.15, -0.1) is 17.9 Å². The molecule has 4 unspecified atom stereocenters.